The zero-order valence-electron chi connectivity index (χ0n) is 9.61. The van der Waals surface area contributed by atoms with Crippen LogP contribution in [-0.4, -0.2) is 48.8 Å². The van der Waals surface area contributed by atoms with Crippen molar-refractivity contribution in [2.45, 2.75) is 32.2 Å². The maximum absolute atomic E-state index is 11.6. The van der Waals surface area contributed by atoms with Gasteiger partial charge >= 0.3 is 5.97 Å². The number of carbonyl (C=O) groups is 1. The van der Waals surface area contributed by atoms with Crippen LogP contribution >= 0.6 is 0 Å². The molecule has 15 heavy (non-hydrogen) atoms. The van der Waals surface area contributed by atoms with E-state index < -0.39 is 0 Å². The van der Waals surface area contributed by atoms with Crippen molar-refractivity contribution >= 4 is 5.97 Å². The monoisotopic (exact) mass is 215 g/mol. The molecule has 0 bridgehead atoms. The van der Waals surface area contributed by atoms with Crippen LogP contribution in [0.3, 0.4) is 0 Å². The number of hydrogen-bond donors (Lipinski definition) is 1. The van der Waals surface area contributed by atoms with Crippen molar-refractivity contribution < 1.29 is 14.6 Å². The summed E-state index contributed by atoms with van der Waals surface area (Å²) in [5, 5.41) is 8.98. The zero-order chi connectivity index (χ0) is 11.3. The highest BCUT2D eigenvalue weighted by Gasteiger charge is 2.40. The van der Waals surface area contributed by atoms with Crippen LogP contribution in [0.4, 0.5) is 0 Å². The fraction of sp³-hybridized carbons (Fsp3) is 0.909. The van der Waals surface area contributed by atoms with Crippen LogP contribution < -0.4 is 0 Å². The Balaban J connectivity index is 2.60. The lowest BCUT2D eigenvalue weighted by Crippen LogP contribution is -2.45. The van der Waals surface area contributed by atoms with Crippen molar-refractivity contribution in [1.29, 1.82) is 0 Å². The molecule has 0 aromatic heterocycles. The zero-order valence-corrected chi connectivity index (χ0v) is 9.61. The summed E-state index contributed by atoms with van der Waals surface area (Å²) in [6, 6.07) is -0.137. The van der Waals surface area contributed by atoms with E-state index in [9.17, 15) is 4.79 Å². The van der Waals surface area contributed by atoms with E-state index in [-0.39, 0.29) is 18.6 Å². The molecule has 1 aliphatic rings. The third kappa shape index (κ3) is 3.47. The van der Waals surface area contributed by atoms with Gasteiger partial charge in [0.2, 0.25) is 0 Å². The van der Waals surface area contributed by atoms with E-state index in [1.54, 1.807) is 0 Å². The molecule has 0 aromatic rings. The first-order valence-corrected chi connectivity index (χ1v) is 5.67. The average molecular weight is 215 g/mol. The molecule has 1 saturated carbocycles. The number of methoxy groups -OCH3 is 1. The molecule has 0 saturated heterocycles. The van der Waals surface area contributed by atoms with Gasteiger partial charge < -0.3 is 9.84 Å². The third-order valence-electron chi connectivity index (χ3n) is 2.80. The standard InChI is InChI=1S/C11H21NO3/c1-3-6-12(7-8-13)10(9-4-5-9)11(14)15-2/h9-10,13H,3-8H2,1-2H3. The molecule has 88 valence electrons. The predicted octanol–water partition coefficient (Wildman–Crippen LogP) is 0.642. The van der Waals surface area contributed by atoms with Crippen molar-refractivity contribution in [1.82, 2.24) is 4.90 Å². The van der Waals surface area contributed by atoms with Gasteiger partial charge in [-0.05, 0) is 31.7 Å². The van der Waals surface area contributed by atoms with Gasteiger partial charge in [-0.1, -0.05) is 6.92 Å². The summed E-state index contributed by atoms with van der Waals surface area (Å²) in [5.41, 5.74) is 0. The molecule has 0 radical (unpaired) electrons. The van der Waals surface area contributed by atoms with Crippen molar-refractivity contribution in [2.75, 3.05) is 26.8 Å². The first-order valence-electron chi connectivity index (χ1n) is 5.67. The third-order valence-corrected chi connectivity index (χ3v) is 2.80. The van der Waals surface area contributed by atoms with Gasteiger partial charge in [-0.2, -0.15) is 0 Å². The van der Waals surface area contributed by atoms with Crippen molar-refractivity contribution in [3.05, 3.63) is 0 Å². The molecule has 1 aliphatic carbocycles. The van der Waals surface area contributed by atoms with Crippen LogP contribution in [0.15, 0.2) is 0 Å². The van der Waals surface area contributed by atoms with Gasteiger partial charge in [0.25, 0.3) is 0 Å². The average Bonchev–Trinajstić information content (AvgIpc) is 3.03. The Morgan fingerprint density at radius 2 is 2.20 bits per heavy atom. The Bertz CT molecular complexity index is 198. The van der Waals surface area contributed by atoms with Gasteiger partial charge in [-0.25, -0.2) is 0 Å². The molecule has 0 spiro atoms. The number of rotatable bonds is 7. The minimum absolute atomic E-state index is 0.0974. The Morgan fingerprint density at radius 1 is 1.53 bits per heavy atom. The molecule has 1 rings (SSSR count). The largest absolute Gasteiger partial charge is 0.468 e. The molecule has 0 aromatic carbocycles. The summed E-state index contributed by atoms with van der Waals surface area (Å²) in [6.07, 6.45) is 3.19. The second-order valence-corrected chi connectivity index (χ2v) is 4.07. The quantitative estimate of drug-likeness (QED) is 0.633. The number of nitrogens with zero attached hydrogens (tertiary/aromatic N) is 1. The first-order chi connectivity index (χ1) is 7.24. The number of hydrogen-bond acceptors (Lipinski definition) is 4. The molecule has 1 unspecified atom stereocenters. The maximum atomic E-state index is 11.6. The second-order valence-electron chi connectivity index (χ2n) is 4.07. The predicted molar refractivity (Wildman–Crippen MR) is 57.5 cm³/mol. The summed E-state index contributed by atoms with van der Waals surface area (Å²) < 4.78 is 4.83. The van der Waals surface area contributed by atoms with Crippen molar-refractivity contribution in [2.24, 2.45) is 5.92 Å². The summed E-state index contributed by atoms with van der Waals surface area (Å²) in [5.74, 6) is 0.287. The summed E-state index contributed by atoms with van der Waals surface area (Å²) in [7, 11) is 1.43. The molecule has 0 amide bonds. The van der Waals surface area contributed by atoms with Gasteiger partial charge in [-0.3, -0.25) is 9.69 Å². The Hall–Kier alpha value is -0.610. The van der Waals surface area contributed by atoms with E-state index in [0.29, 0.717) is 12.5 Å². The smallest absolute Gasteiger partial charge is 0.323 e. The molecule has 1 atom stereocenters. The van der Waals surface area contributed by atoms with E-state index in [2.05, 4.69) is 6.92 Å². The normalized spacial score (nSPS) is 17.9. The van der Waals surface area contributed by atoms with Gasteiger partial charge in [-0.15, -0.1) is 0 Å². The van der Waals surface area contributed by atoms with E-state index in [1.807, 2.05) is 4.90 Å². The minimum Gasteiger partial charge on any atom is -0.468 e. The molecular weight excluding hydrogens is 194 g/mol. The highest BCUT2D eigenvalue weighted by molar-refractivity contribution is 5.76. The van der Waals surface area contributed by atoms with Crippen LogP contribution in [0.25, 0.3) is 0 Å². The van der Waals surface area contributed by atoms with Crippen molar-refractivity contribution in [3.8, 4) is 0 Å². The first kappa shape index (κ1) is 12.5. The van der Waals surface area contributed by atoms with Gasteiger partial charge in [0, 0.05) is 6.54 Å². The molecule has 4 nitrogen and oxygen atoms in total. The fourth-order valence-electron chi connectivity index (χ4n) is 1.98. The SMILES string of the molecule is CCCN(CCO)C(C(=O)OC)C1CC1. The number of esters is 1. The summed E-state index contributed by atoms with van der Waals surface area (Å²) in [4.78, 5) is 13.7. The lowest BCUT2D eigenvalue weighted by atomic mass is 10.1. The van der Waals surface area contributed by atoms with Gasteiger partial charge in [0.1, 0.15) is 6.04 Å². The second kappa shape index (κ2) is 6.08. The minimum atomic E-state index is -0.153. The van der Waals surface area contributed by atoms with Crippen molar-refractivity contribution in [3.63, 3.8) is 0 Å². The van der Waals surface area contributed by atoms with Gasteiger partial charge in [0.15, 0.2) is 0 Å². The number of aliphatic hydroxyl groups excluding tert-OH is 1. The lowest BCUT2D eigenvalue weighted by molar-refractivity contribution is -0.148. The van der Waals surface area contributed by atoms with E-state index in [0.717, 1.165) is 25.8 Å². The number of aliphatic hydroxyl groups is 1. The Labute approximate surface area is 91.2 Å². The molecular formula is C11H21NO3. The van der Waals surface area contributed by atoms with Crippen LogP contribution in [0.5, 0.6) is 0 Å². The molecule has 4 heteroatoms. The Kier molecular flexibility index (Phi) is 5.05. The molecule has 1 N–H and O–H groups in total. The number of carbonyl (C=O) groups excluding carboxylic acids is 1. The van der Waals surface area contributed by atoms with Gasteiger partial charge in [0.05, 0.1) is 13.7 Å². The summed E-state index contributed by atoms with van der Waals surface area (Å²) in [6.45, 7) is 3.58. The highest BCUT2D eigenvalue weighted by atomic mass is 16.5. The topological polar surface area (TPSA) is 49.8 Å². The molecule has 0 heterocycles. The van der Waals surface area contributed by atoms with Crippen LogP contribution in [-0.2, 0) is 9.53 Å². The molecule has 0 aliphatic heterocycles. The van der Waals surface area contributed by atoms with E-state index in [4.69, 9.17) is 9.84 Å². The fourth-order valence-corrected chi connectivity index (χ4v) is 1.98. The van der Waals surface area contributed by atoms with Crippen LogP contribution in [0.1, 0.15) is 26.2 Å². The highest BCUT2D eigenvalue weighted by Crippen LogP contribution is 2.35. The summed E-state index contributed by atoms with van der Waals surface area (Å²) >= 11 is 0. The van der Waals surface area contributed by atoms with Crippen LogP contribution in [0, 0.1) is 5.92 Å². The number of ether oxygens (including phenoxy) is 1. The maximum Gasteiger partial charge on any atom is 0.323 e. The van der Waals surface area contributed by atoms with E-state index in [1.165, 1.54) is 7.11 Å². The van der Waals surface area contributed by atoms with Crippen LogP contribution in [0.2, 0.25) is 0 Å². The Morgan fingerprint density at radius 3 is 2.60 bits per heavy atom. The molecule has 1 fully saturated rings. The lowest BCUT2D eigenvalue weighted by Gasteiger charge is -2.28. The van der Waals surface area contributed by atoms with E-state index >= 15 is 0 Å².